The molecule has 8 heteroatoms. The lowest BCUT2D eigenvalue weighted by Gasteiger charge is -2.16. The maximum absolute atomic E-state index is 13.4. The normalized spacial score (nSPS) is 11.8. The fraction of sp³-hybridized carbons (Fsp3) is 0.121. The number of thioether (sulfide) groups is 1. The van der Waals surface area contributed by atoms with Crippen molar-refractivity contribution in [3.63, 3.8) is 0 Å². The lowest BCUT2D eigenvalue weighted by Crippen LogP contribution is -2.30. The van der Waals surface area contributed by atoms with E-state index in [4.69, 9.17) is 0 Å². The van der Waals surface area contributed by atoms with Gasteiger partial charge in [-0.25, -0.2) is 0 Å². The highest BCUT2D eigenvalue weighted by Crippen LogP contribution is 2.29. The van der Waals surface area contributed by atoms with Gasteiger partial charge < -0.3 is 16.0 Å². The largest absolute Gasteiger partial charge is 0.325 e. The molecule has 0 aromatic heterocycles. The third kappa shape index (κ3) is 9.06. The number of amides is 3. The molecular formula is C33H30IN3O3S. The Bertz CT molecular complexity index is 1560. The second-order valence-corrected chi connectivity index (χ2v) is 11.8. The van der Waals surface area contributed by atoms with E-state index in [1.54, 1.807) is 36.4 Å². The minimum Gasteiger partial charge on any atom is -0.325 e. The zero-order valence-electron chi connectivity index (χ0n) is 22.7. The van der Waals surface area contributed by atoms with Gasteiger partial charge in [0.05, 0.1) is 5.25 Å². The van der Waals surface area contributed by atoms with Crippen molar-refractivity contribution in [1.29, 1.82) is 0 Å². The van der Waals surface area contributed by atoms with Crippen LogP contribution < -0.4 is 16.0 Å². The monoisotopic (exact) mass is 675 g/mol. The minimum atomic E-state index is -0.457. The van der Waals surface area contributed by atoms with E-state index >= 15 is 0 Å². The van der Waals surface area contributed by atoms with Crippen LogP contribution in [-0.2, 0) is 9.59 Å². The van der Waals surface area contributed by atoms with Gasteiger partial charge in [-0.2, -0.15) is 0 Å². The Hall–Kier alpha value is -3.89. The summed E-state index contributed by atoms with van der Waals surface area (Å²) < 4.78 is 1.09. The van der Waals surface area contributed by atoms with Crippen LogP contribution >= 0.6 is 34.4 Å². The fourth-order valence-corrected chi connectivity index (χ4v) is 5.33. The molecule has 3 amide bonds. The highest BCUT2D eigenvalue weighted by atomic mass is 127. The lowest BCUT2D eigenvalue weighted by atomic mass is 10.1. The first-order chi connectivity index (χ1) is 19.8. The van der Waals surface area contributed by atoms with Crippen molar-refractivity contribution >= 4 is 69.5 Å². The van der Waals surface area contributed by atoms with Crippen molar-refractivity contribution < 1.29 is 14.4 Å². The fourth-order valence-electron chi connectivity index (χ4n) is 3.96. The summed E-state index contributed by atoms with van der Waals surface area (Å²) in [6, 6.07) is 31.4. The third-order valence-corrected chi connectivity index (χ3v) is 8.10. The molecule has 41 heavy (non-hydrogen) atoms. The Morgan fingerprint density at radius 1 is 0.829 bits per heavy atom. The Labute approximate surface area is 258 Å². The molecule has 4 aromatic carbocycles. The average Bonchev–Trinajstić information content (AvgIpc) is 2.97. The molecule has 0 heterocycles. The van der Waals surface area contributed by atoms with Crippen molar-refractivity contribution in [2.45, 2.75) is 30.4 Å². The van der Waals surface area contributed by atoms with Crippen molar-refractivity contribution in [2.75, 3.05) is 10.6 Å². The summed E-state index contributed by atoms with van der Waals surface area (Å²) >= 11 is 3.66. The molecule has 0 fully saturated rings. The average molecular weight is 676 g/mol. The van der Waals surface area contributed by atoms with Gasteiger partial charge in [-0.05, 0) is 102 Å². The van der Waals surface area contributed by atoms with Gasteiger partial charge in [0.15, 0.2) is 0 Å². The molecule has 0 bridgehead atoms. The third-order valence-electron chi connectivity index (χ3n) is 6.03. The van der Waals surface area contributed by atoms with Crippen LogP contribution in [0.4, 0.5) is 11.4 Å². The zero-order valence-corrected chi connectivity index (χ0v) is 25.7. The molecule has 4 aromatic rings. The number of anilines is 2. The van der Waals surface area contributed by atoms with Gasteiger partial charge in [-0.1, -0.05) is 61.0 Å². The minimum absolute atomic E-state index is 0.0832. The summed E-state index contributed by atoms with van der Waals surface area (Å²) in [6.45, 7) is 3.93. The number of hydrogen-bond acceptors (Lipinski definition) is 4. The standard InChI is InChI=1S/C33H30IN3O3S/c1-3-30(33(40)35-26-17-15-25(34)16-18-26)41-28-14-8-13-27(21-28)36-32(39)29(20-23-10-7-9-22(2)19-23)37-31(38)24-11-5-4-6-12-24/h4-21,30H,3H2,1-2H3,(H,35,40)(H,36,39)(H,37,38)/b29-20+. The molecule has 0 saturated heterocycles. The molecule has 6 nitrogen and oxygen atoms in total. The molecule has 0 spiro atoms. The first kappa shape index (κ1) is 30.1. The first-order valence-electron chi connectivity index (χ1n) is 13.1. The van der Waals surface area contributed by atoms with Crippen LogP contribution in [0.1, 0.15) is 34.8 Å². The van der Waals surface area contributed by atoms with Gasteiger partial charge in [-0.3, -0.25) is 14.4 Å². The molecule has 3 N–H and O–H groups in total. The summed E-state index contributed by atoms with van der Waals surface area (Å²) in [4.78, 5) is 40.1. The van der Waals surface area contributed by atoms with Gasteiger partial charge in [0.25, 0.3) is 11.8 Å². The summed E-state index contributed by atoms with van der Waals surface area (Å²) in [7, 11) is 0. The molecule has 0 aliphatic rings. The van der Waals surface area contributed by atoms with E-state index < -0.39 is 5.91 Å². The number of nitrogens with one attached hydrogen (secondary N) is 3. The number of aryl methyl sites for hydroxylation is 1. The number of hydrogen-bond donors (Lipinski definition) is 3. The Morgan fingerprint density at radius 3 is 2.27 bits per heavy atom. The van der Waals surface area contributed by atoms with E-state index in [1.807, 2.05) is 86.6 Å². The van der Waals surface area contributed by atoms with Gasteiger partial charge >= 0.3 is 0 Å². The summed E-state index contributed by atoms with van der Waals surface area (Å²) in [5, 5.41) is 8.34. The van der Waals surface area contributed by atoms with Gasteiger partial charge in [0, 0.05) is 25.4 Å². The lowest BCUT2D eigenvalue weighted by molar-refractivity contribution is -0.116. The number of carbonyl (C=O) groups excluding carboxylic acids is 3. The van der Waals surface area contributed by atoms with Crippen LogP contribution in [-0.4, -0.2) is 23.0 Å². The van der Waals surface area contributed by atoms with Crippen molar-refractivity contribution in [3.8, 4) is 0 Å². The maximum atomic E-state index is 13.4. The Kier molecular flexibility index (Phi) is 10.8. The molecular weight excluding hydrogens is 645 g/mol. The van der Waals surface area contributed by atoms with Crippen molar-refractivity contribution in [3.05, 3.63) is 129 Å². The van der Waals surface area contributed by atoms with E-state index in [9.17, 15) is 14.4 Å². The van der Waals surface area contributed by atoms with Crippen LogP contribution in [0.2, 0.25) is 0 Å². The maximum Gasteiger partial charge on any atom is 0.272 e. The second kappa shape index (κ2) is 14.7. The molecule has 1 atom stereocenters. The second-order valence-electron chi connectivity index (χ2n) is 9.29. The van der Waals surface area contributed by atoms with Gasteiger partial charge in [0.2, 0.25) is 5.91 Å². The van der Waals surface area contributed by atoms with E-state index in [0.717, 1.165) is 25.3 Å². The molecule has 0 radical (unpaired) electrons. The summed E-state index contributed by atoms with van der Waals surface area (Å²) in [5.74, 6) is -0.921. The smallest absolute Gasteiger partial charge is 0.272 e. The topological polar surface area (TPSA) is 87.3 Å². The molecule has 4 rings (SSSR count). The van der Waals surface area contributed by atoms with Crippen LogP contribution in [0.5, 0.6) is 0 Å². The highest BCUT2D eigenvalue weighted by molar-refractivity contribution is 14.1. The molecule has 208 valence electrons. The summed E-state index contributed by atoms with van der Waals surface area (Å²) in [6.07, 6.45) is 2.29. The van der Waals surface area contributed by atoms with Crippen LogP contribution in [0.25, 0.3) is 6.08 Å². The molecule has 0 aliphatic heterocycles. The Balaban J connectivity index is 1.49. The number of halogens is 1. The number of benzene rings is 4. The van der Waals surface area contributed by atoms with E-state index in [-0.39, 0.29) is 22.8 Å². The predicted molar refractivity (Wildman–Crippen MR) is 176 cm³/mol. The van der Waals surface area contributed by atoms with Crippen molar-refractivity contribution in [2.24, 2.45) is 0 Å². The van der Waals surface area contributed by atoms with Gasteiger partial charge in [0.1, 0.15) is 5.70 Å². The van der Waals surface area contributed by atoms with E-state index in [1.165, 1.54) is 11.8 Å². The predicted octanol–water partition coefficient (Wildman–Crippen LogP) is 7.52. The van der Waals surface area contributed by atoms with Gasteiger partial charge in [-0.15, -0.1) is 11.8 Å². The quantitative estimate of drug-likeness (QED) is 0.0923. The van der Waals surface area contributed by atoms with E-state index in [0.29, 0.717) is 17.7 Å². The summed E-state index contributed by atoms with van der Waals surface area (Å²) in [5.41, 5.74) is 3.69. The SMILES string of the molecule is CCC(Sc1cccc(NC(=O)/C(=C\c2cccc(C)c2)NC(=O)c2ccccc2)c1)C(=O)Nc1ccc(I)cc1. The first-order valence-corrected chi connectivity index (χ1v) is 15.1. The molecule has 0 saturated carbocycles. The van der Waals surface area contributed by atoms with Crippen molar-refractivity contribution in [1.82, 2.24) is 5.32 Å². The number of rotatable bonds is 10. The van der Waals surface area contributed by atoms with Crippen LogP contribution in [0.3, 0.4) is 0 Å². The molecule has 1 unspecified atom stereocenters. The molecule has 0 aliphatic carbocycles. The van der Waals surface area contributed by atoms with Crippen LogP contribution in [0.15, 0.2) is 114 Å². The number of carbonyl (C=O) groups is 3. The van der Waals surface area contributed by atoms with Crippen LogP contribution in [0, 0.1) is 10.5 Å². The van der Waals surface area contributed by atoms with E-state index in [2.05, 4.69) is 38.5 Å². The Morgan fingerprint density at radius 2 is 1.56 bits per heavy atom. The highest BCUT2D eigenvalue weighted by Gasteiger charge is 2.19. The zero-order chi connectivity index (χ0) is 29.2.